The van der Waals surface area contributed by atoms with E-state index in [0.29, 0.717) is 0 Å². The summed E-state index contributed by atoms with van der Waals surface area (Å²) in [7, 11) is 8.08. The van der Waals surface area contributed by atoms with E-state index < -0.39 is 0 Å². The fraction of sp³-hybridized carbons (Fsp3) is 0.857. The number of likely N-dealkylation sites (N-methyl/N-ethyl adjacent to an activating group) is 2. The van der Waals surface area contributed by atoms with Gasteiger partial charge in [-0.25, -0.2) is 0 Å². The maximum atomic E-state index is 5.18. The van der Waals surface area contributed by atoms with Gasteiger partial charge in [0.1, 0.15) is 0 Å². The molecule has 0 aromatic carbocycles. The van der Waals surface area contributed by atoms with Crippen molar-refractivity contribution in [3.63, 3.8) is 0 Å². The van der Waals surface area contributed by atoms with E-state index in [-0.39, 0.29) is 5.54 Å². The first-order valence-corrected chi connectivity index (χ1v) is 6.24. The average molecular weight is 244 g/mol. The van der Waals surface area contributed by atoms with E-state index in [1.54, 1.807) is 7.11 Å². The number of hydrogen-bond donors (Lipinski definition) is 0. The molecule has 3 heteroatoms. The van der Waals surface area contributed by atoms with E-state index in [1.165, 1.54) is 0 Å². The number of rotatable bonds is 6. The van der Waals surface area contributed by atoms with Crippen LogP contribution in [0.2, 0.25) is 0 Å². The summed E-state index contributed by atoms with van der Waals surface area (Å²) in [6.07, 6.45) is 4.00. The van der Waals surface area contributed by atoms with Crippen LogP contribution in [0.25, 0.3) is 0 Å². The molecule has 0 saturated heterocycles. The van der Waals surface area contributed by atoms with Gasteiger partial charge in [-0.2, -0.15) is 0 Å². The van der Waals surface area contributed by atoms with Gasteiger partial charge in [0.05, 0.1) is 6.61 Å². The van der Waals surface area contributed by atoms with Crippen LogP contribution in [-0.4, -0.2) is 63.3 Å². The van der Waals surface area contributed by atoms with Gasteiger partial charge in [-0.15, -0.1) is 0 Å². The number of methoxy groups -OCH3 is 1. The van der Waals surface area contributed by atoms with E-state index in [0.717, 1.165) is 19.7 Å². The topological polar surface area (TPSA) is 15.7 Å². The second-order valence-corrected chi connectivity index (χ2v) is 5.14. The van der Waals surface area contributed by atoms with Crippen LogP contribution >= 0.6 is 0 Å². The third-order valence-corrected chi connectivity index (χ3v) is 2.75. The molecule has 0 atom stereocenters. The highest BCUT2D eigenvalue weighted by atomic mass is 16.5. The SMILES string of the molecule is CC=CC.COCC(C)(C)N(C)CCN(C)C. The van der Waals surface area contributed by atoms with Crippen LogP contribution in [-0.2, 0) is 4.74 Å². The van der Waals surface area contributed by atoms with Crippen molar-refractivity contribution in [1.82, 2.24) is 9.80 Å². The normalized spacial score (nSPS) is 12.1. The van der Waals surface area contributed by atoms with Crippen LogP contribution in [0.5, 0.6) is 0 Å². The molecule has 0 aliphatic carbocycles. The van der Waals surface area contributed by atoms with Crippen LogP contribution in [0.3, 0.4) is 0 Å². The van der Waals surface area contributed by atoms with Crippen molar-refractivity contribution in [2.75, 3.05) is 47.9 Å². The van der Waals surface area contributed by atoms with Gasteiger partial charge in [-0.3, -0.25) is 4.90 Å². The molecule has 0 amide bonds. The Balaban J connectivity index is 0. The minimum atomic E-state index is 0.130. The van der Waals surface area contributed by atoms with Gasteiger partial charge in [0, 0.05) is 25.7 Å². The molecule has 0 spiro atoms. The molecule has 3 nitrogen and oxygen atoms in total. The monoisotopic (exact) mass is 244 g/mol. The van der Waals surface area contributed by atoms with E-state index in [4.69, 9.17) is 4.74 Å². The quantitative estimate of drug-likeness (QED) is 0.668. The molecule has 0 aliphatic rings. The van der Waals surface area contributed by atoms with Gasteiger partial charge in [0.2, 0.25) is 0 Å². The van der Waals surface area contributed by atoms with Crippen molar-refractivity contribution < 1.29 is 4.74 Å². The maximum Gasteiger partial charge on any atom is 0.0641 e. The summed E-state index contributed by atoms with van der Waals surface area (Å²) in [5, 5.41) is 0. The Kier molecular flexibility index (Phi) is 12.0. The van der Waals surface area contributed by atoms with Crippen LogP contribution < -0.4 is 0 Å². The Morgan fingerprint density at radius 1 is 1.00 bits per heavy atom. The highest BCUT2D eigenvalue weighted by molar-refractivity contribution is 4.78. The fourth-order valence-corrected chi connectivity index (χ4v) is 1.12. The first kappa shape index (κ1) is 19.0. The first-order valence-electron chi connectivity index (χ1n) is 6.24. The predicted octanol–water partition coefficient (Wildman–Crippen LogP) is 2.49. The lowest BCUT2D eigenvalue weighted by Crippen LogP contribution is -2.47. The zero-order chi connectivity index (χ0) is 13.9. The first-order chi connectivity index (χ1) is 7.81. The molecule has 17 heavy (non-hydrogen) atoms. The molecule has 0 radical (unpaired) electrons. The van der Waals surface area contributed by atoms with Crippen molar-refractivity contribution in [3.8, 4) is 0 Å². The Morgan fingerprint density at radius 2 is 1.47 bits per heavy atom. The molecule has 104 valence electrons. The van der Waals surface area contributed by atoms with E-state index in [2.05, 4.69) is 44.8 Å². The Bertz CT molecular complexity index is 185. The smallest absolute Gasteiger partial charge is 0.0641 e. The summed E-state index contributed by atoms with van der Waals surface area (Å²) >= 11 is 0. The number of nitrogens with zero attached hydrogens (tertiary/aromatic N) is 2. The van der Waals surface area contributed by atoms with E-state index in [9.17, 15) is 0 Å². The minimum Gasteiger partial charge on any atom is -0.383 e. The summed E-state index contributed by atoms with van der Waals surface area (Å²) < 4.78 is 5.18. The summed E-state index contributed by atoms with van der Waals surface area (Å²) in [5.41, 5.74) is 0.130. The van der Waals surface area contributed by atoms with E-state index >= 15 is 0 Å². The summed E-state index contributed by atoms with van der Waals surface area (Å²) in [6.45, 7) is 11.3. The third-order valence-electron chi connectivity index (χ3n) is 2.75. The molecule has 0 aliphatic heterocycles. The zero-order valence-electron chi connectivity index (χ0n) is 13.1. The molecule has 0 heterocycles. The maximum absolute atomic E-state index is 5.18. The molecule has 0 aromatic rings. The van der Waals surface area contributed by atoms with Crippen LogP contribution in [0, 0.1) is 0 Å². The minimum absolute atomic E-state index is 0.130. The lowest BCUT2D eigenvalue weighted by atomic mass is 10.1. The van der Waals surface area contributed by atoms with Gasteiger partial charge in [0.25, 0.3) is 0 Å². The number of ether oxygens (including phenoxy) is 1. The van der Waals surface area contributed by atoms with Gasteiger partial charge >= 0.3 is 0 Å². The van der Waals surface area contributed by atoms with Crippen molar-refractivity contribution >= 4 is 0 Å². The summed E-state index contributed by atoms with van der Waals surface area (Å²) in [6, 6.07) is 0. The average Bonchev–Trinajstić information content (AvgIpc) is 2.26. The molecule has 0 aromatic heterocycles. The molecular weight excluding hydrogens is 212 g/mol. The molecule has 0 unspecified atom stereocenters. The van der Waals surface area contributed by atoms with Gasteiger partial charge < -0.3 is 9.64 Å². The zero-order valence-corrected chi connectivity index (χ0v) is 13.1. The molecule has 0 saturated carbocycles. The second kappa shape index (κ2) is 10.8. The van der Waals surface area contributed by atoms with Crippen molar-refractivity contribution in [1.29, 1.82) is 0 Å². The lowest BCUT2D eigenvalue weighted by Gasteiger charge is -2.35. The molecule has 0 fully saturated rings. The van der Waals surface area contributed by atoms with Crippen LogP contribution in [0.1, 0.15) is 27.7 Å². The Labute approximate surface area is 108 Å². The standard InChI is InChI=1S/C10H24N2O.C4H8/c1-10(2,9-13-6)12(5)8-7-11(3)4;1-3-4-2/h7-9H2,1-6H3;3-4H,1-2H3. The van der Waals surface area contributed by atoms with E-state index in [1.807, 2.05) is 26.0 Å². The number of allylic oxidation sites excluding steroid dienone is 2. The largest absolute Gasteiger partial charge is 0.383 e. The van der Waals surface area contributed by atoms with Crippen molar-refractivity contribution in [2.24, 2.45) is 0 Å². The highest BCUT2D eigenvalue weighted by Crippen LogP contribution is 2.11. The van der Waals surface area contributed by atoms with Crippen molar-refractivity contribution in [2.45, 2.75) is 33.2 Å². The Hall–Kier alpha value is -0.380. The second-order valence-electron chi connectivity index (χ2n) is 5.14. The molecule has 0 N–H and O–H groups in total. The molecule has 0 bridgehead atoms. The Morgan fingerprint density at radius 3 is 1.76 bits per heavy atom. The molecule has 0 rings (SSSR count). The van der Waals surface area contributed by atoms with Crippen molar-refractivity contribution in [3.05, 3.63) is 12.2 Å². The molecular formula is C14H32N2O. The van der Waals surface area contributed by atoms with Gasteiger partial charge in [-0.05, 0) is 48.8 Å². The fourth-order valence-electron chi connectivity index (χ4n) is 1.12. The highest BCUT2D eigenvalue weighted by Gasteiger charge is 2.22. The van der Waals surface area contributed by atoms with Gasteiger partial charge in [-0.1, -0.05) is 12.2 Å². The number of hydrogen-bond acceptors (Lipinski definition) is 3. The van der Waals surface area contributed by atoms with Crippen LogP contribution in [0.4, 0.5) is 0 Å². The predicted molar refractivity (Wildman–Crippen MR) is 77.6 cm³/mol. The summed E-state index contributed by atoms with van der Waals surface area (Å²) in [5.74, 6) is 0. The van der Waals surface area contributed by atoms with Crippen LogP contribution in [0.15, 0.2) is 12.2 Å². The summed E-state index contributed by atoms with van der Waals surface area (Å²) in [4.78, 5) is 4.52. The lowest BCUT2D eigenvalue weighted by molar-refractivity contribution is 0.0472. The van der Waals surface area contributed by atoms with Gasteiger partial charge in [0.15, 0.2) is 0 Å². The third kappa shape index (κ3) is 11.9.